The first-order valence-electron chi connectivity index (χ1n) is 9.33. The zero-order chi connectivity index (χ0) is 21.3. The second kappa shape index (κ2) is 8.05. The lowest BCUT2D eigenvalue weighted by molar-refractivity contribution is -0.120. The fourth-order valence-corrected chi connectivity index (χ4v) is 3.76. The number of likely N-dealkylation sites (N-methyl/N-ethyl adjacent to an activating group) is 1. The molecule has 150 valence electrons. The van der Waals surface area contributed by atoms with Crippen LogP contribution in [0.3, 0.4) is 0 Å². The van der Waals surface area contributed by atoms with Crippen molar-refractivity contribution in [2.45, 2.75) is 0 Å². The number of methoxy groups -OCH3 is 1. The Morgan fingerprint density at radius 2 is 1.50 bits per heavy atom. The second-order valence-electron chi connectivity index (χ2n) is 6.75. The van der Waals surface area contributed by atoms with E-state index in [2.05, 4.69) is 0 Å². The van der Waals surface area contributed by atoms with Gasteiger partial charge in [-0.25, -0.2) is 4.90 Å². The van der Waals surface area contributed by atoms with Gasteiger partial charge in [0.15, 0.2) is 0 Å². The maximum atomic E-state index is 13.5. The molecule has 0 unspecified atom stereocenters. The number of rotatable bonds is 5. The van der Waals surface area contributed by atoms with Gasteiger partial charge in [-0.15, -0.1) is 0 Å². The Bertz CT molecular complexity index is 1140. The first-order chi connectivity index (χ1) is 14.5. The SMILES string of the molecule is COc1ccc(N2C(=O)C(c3ccccc3)=C(N(C)c3ccccc3)C2=O)cc1Cl. The first kappa shape index (κ1) is 19.7. The molecule has 2 amide bonds. The van der Waals surface area contributed by atoms with Crippen LogP contribution in [0.25, 0.3) is 5.57 Å². The number of ether oxygens (including phenoxy) is 1. The lowest BCUT2D eigenvalue weighted by Gasteiger charge is -2.21. The first-order valence-corrected chi connectivity index (χ1v) is 9.71. The molecule has 6 heteroatoms. The molecule has 0 radical (unpaired) electrons. The number of halogens is 1. The number of carbonyl (C=O) groups is 2. The van der Waals surface area contributed by atoms with Gasteiger partial charge in [0.25, 0.3) is 11.8 Å². The van der Waals surface area contributed by atoms with E-state index in [0.29, 0.717) is 33.3 Å². The number of imide groups is 1. The van der Waals surface area contributed by atoms with E-state index in [1.165, 1.54) is 7.11 Å². The summed E-state index contributed by atoms with van der Waals surface area (Å²) in [7, 11) is 3.29. The van der Waals surface area contributed by atoms with Crippen molar-refractivity contribution in [3.63, 3.8) is 0 Å². The number of benzene rings is 3. The van der Waals surface area contributed by atoms with Crippen LogP contribution < -0.4 is 14.5 Å². The Kier molecular flexibility index (Phi) is 5.29. The average molecular weight is 419 g/mol. The summed E-state index contributed by atoms with van der Waals surface area (Å²) in [6.45, 7) is 0. The molecule has 5 nitrogen and oxygen atoms in total. The highest BCUT2D eigenvalue weighted by molar-refractivity contribution is 6.46. The molecule has 0 saturated heterocycles. The smallest absolute Gasteiger partial charge is 0.282 e. The fourth-order valence-electron chi connectivity index (χ4n) is 3.50. The van der Waals surface area contributed by atoms with E-state index in [-0.39, 0.29) is 0 Å². The van der Waals surface area contributed by atoms with Gasteiger partial charge in [0.2, 0.25) is 0 Å². The number of amides is 2. The van der Waals surface area contributed by atoms with Crippen molar-refractivity contribution in [3.8, 4) is 5.75 Å². The van der Waals surface area contributed by atoms with E-state index in [1.807, 2.05) is 60.7 Å². The maximum absolute atomic E-state index is 13.5. The molecule has 0 spiro atoms. The van der Waals surface area contributed by atoms with Gasteiger partial charge < -0.3 is 9.64 Å². The molecule has 0 aliphatic carbocycles. The van der Waals surface area contributed by atoms with Gasteiger partial charge in [-0.05, 0) is 35.9 Å². The molecule has 3 aromatic rings. The van der Waals surface area contributed by atoms with Crippen LogP contribution in [-0.2, 0) is 9.59 Å². The zero-order valence-corrected chi connectivity index (χ0v) is 17.3. The van der Waals surface area contributed by atoms with Crippen molar-refractivity contribution in [3.05, 3.63) is 95.1 Å². The van der Waals surface area contributed by atoms with Gasteiger partial charge in [-0.1, -0.05) is 60.1 Å². The molecule has 30 heavy (non-hydrogen) atoms. The monoisotopic (exact) mass is 418 g/mol. The minimum absolute atomic E-state index is 0.310. The molecule has 1 heterocycles. The third kappa shape index (κ3) is 3.33. The van der Waals surface area contributed by atoms with Crippen LogP contribution in [0.15, 0.2) is 84.6 Å². The van der Waals surface area contributed by atoms with Crippen molar-refractivity contribution in [1.29, 1.82) is 0 Å². The fraction of sp³-hybridized carbons (Fsp3) is 0.0833. The van der Waals surface area contributed by atoms with Crippen LogP contribution in [0.2, 0.25) is 5.02 Å². The quantitative estimate of drug-likeness (QED) is 0.560. The van der Waals surface area contributed by atoms with Crippen molar-refractivity contribution < 1.29 is 14.3 Å². The van der Waals surface area contributed by atoms with Crippen LogP contribution in [0.1, 0.15) is 5.56 Å². The van der Waals surface area contributed by atoms with Crippen molar-refractivity contribution in [1.82, 2.24) is 0 Å². The van der Waals surface area contributed by atoms with Crippen LogP contribution in [0, 0.1) is 0 Å². The normalized spacial score (nSPS) is 13.8. The molecule has 1 aliphatic heterocycles. The zero-order valence-electron chi connectivity index (χ0n) is 16.5. The Hall–Kier alpha value is -3.57. The third-order valence-electron chi connectivity index (χ3n) is 4.99. The largest absolute Gasteiger partial charge is 0.495 e. The van der Waals surface area contributed by atoms with Crippen molar-refractivity contribution in [2.24, 2.45) is 0 Å². The Morgan fingerprint density at radius 3 is 2.10 bits per heavy atom. The average Bonchev–Trinajstić information content (AvgIpc) is 3.04. The summed E-state index contributed by atoms with van der Waals surface area (Å²) in [4.78, 5) is 29.9. The molecule has 0 fully saturated rings. The molecular weight excluding hydrogens is 400 g/mol. The summed E-state index contributed by atoms with van der Waals surface area (Å²) >= 11 is 6.25. The number of para-hydroxylation sites is 1. The van der Waals surface area contributed by atoms with Gasteiger partial charge in [0.1, 0.15) is 11.4 Å². The minimum Gasteiger partial charge on any atom is -0.495 e. The molecular formula is C24H19ClN2O3. The molecule has 0 bridgehead atoms. The van der Waals surface area contributed by atoms with E-state index in [4.69, 9.17) is 16.3 Å². The summed E-state index contributed by atoms with van der Waals surface area (Å²) in [5, 5.41) is 0.321. The summed E-state index contributed by atoms with van der Waals surface area (Å²) in [5.41, 5.74) is 2.52. The summed E-state index contributed by atoms with van der Waals surface area (Å²) in [5.74, 6) is -0.339. The van der Waals surface area contributed by atoms with Gasteiger partial charge in [0.05, 0.1) is 23.4 Å². The predicted octanol–water partition coefficient (Wildman–Crippen LogP) is 4.77. The molecule has 0 saturated carbocycles. The van der Waals surface area contributed by atoms with Gasteiger partial charge >= 0.3 is 0 Å². The van der Waals surface area contributed by atoms with Gasteiger partial charge in [-0.3, -0.25) is 9.59 Å². The van der Waals surface area contributed by atoms with Crippen molar-refractivity contribution in [2.75, 3.05) is 24.0 Å². The highest BCUT2D eigenvalue weighted by Crippen LogP contribution is 2.38. The molecule has 0 atom stereocenters. The van der Waals surface area contributed by atoms with E-state index in [9.17, 15) is 9.59 Å². The van der Waals surface area contributed by atoms with Crippen LogP contribution in [0.5, 0.6) is 5.75 Å². The van der Waals surface area contributed by atoms with Crippen LogP contribution in [-0.4, -0.2) is 26.0 Å². The molecule has 0 aromatic heterocycles. The summed E-state index contributed by atoms with van der Waals surface area (Å²) < 4.78 is 5.18. The Labute approximate surface area is 179 Å². The predicted molar refractivity (Wildman–Crippen MR) is 119 cm³/mol. The van der Waals surface area contributed by atoms with Crippen LogP contribution >= 0.6 is 11.6 Å². The highest BCUT2D eigenvalue weighted by Gasteiger charge is 2.42. The van der Waals surface area contributed by atoms with E-state index < -0.39 is 11.8 Å². The van der Waals surface area contributed by atoms with Gasteiger partial charge in [0, 0.05) is 12.7 Å². The maximum Gasteiger partial charge on any atom is 0.282 e. The second-order valence-corrected chi connectivity index (χ2v) is 7.16. The number of hydrogen-bond acceptors (Lipinski definition) is 4. The molecule has 3 aromatic carbocycles. The minimum atomic E-state index is -0.411. The molecule has 0 N–H and O–H groups in total. The third-order valence-corrected chi connectivity index (χ3v) is 5.29. The topological polar surface area (TPSA) is 49.9 Å². The van der Waals surface area contributed by atoms with E-state index >= 15 is 0 Å². The standard InChI is InChI=1S/C24H19ClN2O3/c1-26(17-11-7-4-8-12-17)22-21(16-9-5-3-6-10-16)23(28)27(24(22)29)18-13-14-20(30-2)19(25)15-18/h3-15H,1-2H3. The van der Waals surface area contributed by atoms with Gasteiger partial charge in [-0.2, -0.15) is 0 Å². The highest BCUT2D eigenvalue weighted by atomic mass is 35.5. The number of carbonyl (C=O) groups excluding carboxylic acids is 2. The summed E-state index contributed by atoms with van der Waals surface area (Å²) in [6.07, 6.45) is 0. The van der Waals surface area contributed by atoms with Crippen LogP contribution in [0.4, 0.5) is 11.4 Å². The Morgan fingerprint density at radius 1 is 0.867 bits per heavy atom. The molecule has 1 aliphatic rings. The van der Waals surface area contributed by atoms with Crippen molar-refractivity contribution >= 4 is 40.4 Å². The molecule has 4 rings (SSSR count). The van der Waals surface area contributed by atoms with E-state index in [0.717, 1.165) is 10.6 Å². The Balaban J connectivity index is 1.85. The number of anilines is 2. The lowest BCUT2D eigenvalue weighted by Crippen LogP contribution is -2.34. The van der Waals surface area contributed by atoms with E-state index in [1.54, 1.807) is 30.1 Å². The number of hydrogen-bond donors (Lipinski definition) is 0. The summed E-state index contributed by atoms with van der Waals surface area (Å²) in [6, 6.07) is 23.5. The lowest BCUT2D eigenvalue weighted by atomic mass is 10.0. The number of nitrogens with zero attached hydrogens (tertiary/aromatic N) is 2.